The Morgan fingerprint density at radius 1 is 1.03 bits per heavy atom. The first-order chi connectivity index (χ1) is 14.9. The SMILES string of the molecule is CC(C)(C)OC(=O)[C@H]1[C@H](COS(C)(=O)=O)CC[C@@H]1Sc1ccc(-c2ccc(Cl)cc2)cc1. The van der Waals surface area contributed by atoms with Gasteiger partial charge in [0.2, 0.25) is 0 Å². The summed E-state index contributed by atoms with van der Waals surface area (Å²) in [5.74, 6) is -0.935. The zero-order chi connectivity index (χ0) is 23.5. The molecule has 0 N–H and O–H groups in total. The summed E-state index contributed by atoms with van der Waals surface area (Å²) in [4.78, 5) is 14.1. The van der Waals surface area contributed by atoms with Crippen LogP contribution in [0.2, 0.25) is 5.02 Å². The Labute approximate surface area is 200 Å². The molecule has 2 aromatic carbocycles. The van der Waals surface area contributed by atoms with E-state index in [1.54, 1.807) is 11.8 Å². The molecule has 0 unspecified atom stereocenters. The molecule has 3 atom stereocenters. The molecular formula is C24H29ClO5S2. The summed E-state index contributed by atoms with van der Waals surface area (Å²) >= 11 is 7.60. The number of benzene rings is 2. The van der Waals surface area contributed by atoms with Gasteiger partial charge in [-0.15, -0.1) is 11.8 Å². The first-order valence-corrected chi connectivity index (χ1v) is 13.6. The van der Waals surface area contributed by atoms with Crippen LogP contribution in [0.3, 0.4) is 0 Å². The molecule has 5 nitrogen and oxygen atoms in total. The summed E-state index contributed by atoms with van der Waals surface area (Å²) in [6, 6.07) is 15.9. The van der Waals surface area contributed by atoms with Crippen LogP contribution < -0.4 is 0 Å². The number of esters is 1. The molecule has 2 aromatic rings. The van der Waals surface area contributed by atoms with Crippen molar-refractivity contribution in [1.82, 2.24) is 0 Å². The zero-order valence-electron chi connectivity index (χ0n) is 18.7. The predicted molar refractivity (Wildman–Crippen MR) is 129 cm³/mol. The lowest BCUT2D eigenvalue weighted by atomic mass is 9.96. The monoisotopic (exact) mass is 496 g/mol. The van der Waals surface area contributed by atoms with E-state index in [2.05, 4.69) is 0 Å². The number of carbonyl (C=O) groups is 1. The van der Waals surface area contributed by atoms with Crippen molar-refractivity contribution in [3.63, 3.8) is 0 Å². The topological polar surface area (TPSA) is 69.7 Å². The van der Waals surface area contributed by atoms with Crippen molar-refractivity contribution in [1.29, 1.82) is 0 Å². The molecule has 0 amide bonds. The second-order valence-corrected chi connectivity index (χ2v) is 12.5. The van der Waals surface area contributed by atoms with Crippen LogP contribution in [0.15, 0.2) is 53.4 Å². The minimum Gasteiger partial charge on any atom is -0.460 e. The smallest absolute Gasteiger partial charge is 0.310 e. The van der Waals surface area contributed by atoms with Gasteiger partial charge in [-0.2, -0.15) is 8.42 Å². The molecule has 32 heavy (non-hydrogen) atoms. The average molecular weight is 497 g/mol. The largest absolute Gasteiger partial charge is 0.460 e. The molecule has 0 bridgehead atoms. The highest BCUT2D eigenvalue weighted by molar-refractivity contribution is 8.00. The summed E-state index contributed by atoms with van der Waals surface area (Å²) in [5.41, 5.74) is 1.55. The van der Waals surface area contributed by atoms with Gasteiger partial charge in [0.05, 0.1) is 18.8 Å². The summed E-state index contributed by atoms with van der Waals surface area (Å²) in [6.07, 6.45) is 2.52. The molecule has 0 aliphatic heterocycles. The fraction of sp³-hybridized carbons (Fsp3) is 0.458. The Morgan fingerprint density at radius 2 is 1.59 bits per heavy atom. The number of ether oxygens (including phenoxy) is 1. The highest BCUT2D eigenvalue weighted by Gasteiger charge is 2.44. The van der Waals surface area contributed by atoms with E-state index in [4.69, 9.17) is 20.5 Å². The lowest BCUT2D eigenvalue weighted by Gasteiger charge is -2.27. The summed E-state index contributed by atoms with van der Waals surface area (Å²) in [6.45, 7) is 5.49. The highest BCUT2D eigenvalue weighted by atomic mass is 35.5. The standard InChI is InChI=1S/C24H29ClO5S2/c1-24(2,3)30-23(26)22-18(15-29-32(4,27)28)9-14-21(22)31-20-12-7-17(8-13-20)16-5-10-19(25)11-6-16/h5-8,10-13,18,21-22H,9,14-15H2,1-4H3/t18-,21-,22-/m0/s1. The molecule has 1 aliphatic carbocycles. The number of rotatable bonds is 7. The van der Waals surface area contributed by atoms with Crippen molar-refractivity contribution in [3.8, 4) is 11.1 Å². The molecule has 1 fully saturated rings. The molecule has 0 saturated heterocycles. The van der Waals surface area contributed by atoms with Gasteiger partial charge in [-0.05, 0) is 74.9 Å². The number of thioether (sulfide) groups is 1. The van der Waals surface area contributed by atoms with Crippen molar-refractivity contribution < 1.29 is 22.1 Å². The van der Waals surface area contributed by atoms with E-state index in [1.807, 2.05) is 69.3 Å². The van der Waals surface area contributed by atoms with Gasteiger partial charge in [-0.25, -0.2) is 0 Å². The molecule has 0 aromatic heterocycles. The number of hydrogen-bond acceptors (Lipinski definition) is 6. The van der Waals surface area contributed by atoms with Gasteiger partial charge in [0, 0.05) is 15.2 Å². The van der Waals surface area contributed by atoms with E-state index >= 15 is 0 Å². The van der Waals surface area contributed by atoms with Crippen molar-refractivity contribution in [2.24, 2.45) is 11.8 Å². The van der Waals surface area contributed by atoms with E-state index in [-0.39, 0.29) is 23.7 Å². The predicted octanol–water partition coefficient (Wildman–Crippen LogP) is 5.81. The Hall–Kier alpha value is -1.54. The van der Waals surface area contributed by atoms with Gasteiger partial charge in [0.25, 0.3) is 10.1 Å². The molecular weight excluding hydrogens is 468 g/mol. The van der Waals surface area contributed by atoms with Crippen LogP contribution in [0.25, 0.3) is 11.1 Å². The van der Waals surface area contributed by atoms with E-state index < -0.39 is 21.6 Å². The fourth-order valence-electron chi connectivity index (χ4n) is 3.83. The summed E-state index contributed by atoms with van der Waals surface area (Å²) < 4.78 is 33.7. The Morgan fingerprint density at radius 3 is 2.12 bits per heavy atom. The summed E-state index contributed by atoms with van der Waals surface area (Å²) in [5, 5.41) is 0.684. The maximum Gasteiger partial charge on any atom is 0.310 e. The van der Waals surface area contributed by atoms with E-state index in [0.717, 1.165) is 28.7 Å². The third-order valence-corrected chi connectivity index (χ3v) is 7.42. The molecule has 3 rings (SSSR count). The van der Waals surface area contributed by atoms with Crippen molar-refractivity contribution >= 4 is 39.5 Å². The average Bonchev–Trinajstić information content (AvgIpc) is 3.08. The molecule has 174 valence electrons. The maximum atomic E-state index is 13.0. The van der Waals surface area contributed by atoms with Gasteiger partial charge in [-0.1, -0.05) is 35.9 Å². The van der Waals surface area contributed by atoms with Gasteiger partial charge < -0.3 is 4.74 Å². The van der Waals surface area contributed by atoms with Crippen LogP contribution >= 0.6 is 23.4 Å². The van der Waals surface area contributed by atoms with Crippen LogP contribution in [-0.4, -0.2) is 38.1 Å². The van der Waals surface area contributed by atoms with Crippen LogP contribution in [0.5, 0.6) is 0 Å². The minimum absolute atomic E-state index is 0.00466. The normalized spacial score (nSPS) is 21.5. The molecule has 0 radical (unpaired) electrons. The lowest BCUT2D eigenvalue weighted by molar-refractivity contribution is -0.161. The van der Waals surface area contributed by atoms with Crippen LogP contribution in [0.1, 0.15) is 33.6 Å². The lowest BCUT2D eigenvalue weighted by Crippen LogP contribution is -2.35. The third kappa shape index (κ3) is 7.24. The maximum absolute atomic E-state index is 13.0. The van der Waals surface area contributed by atoms with Gasteiger partial charge in [-0.3, -0.25) is 8.98 Å². The number of hydrogen-bond donors (Lipinski definition) is 0. The first kappa shape index (κ1) is 25.1. The molecule has 0 spiro atoms. The summed E-state index contributed by atoms with van der Waals surface area (Å²) in [7, 11) is -3.57. The van der Waals surface area contributed by atoms with E-state index in [9.17, 15) is 13.2 Å². The van der Waals surface area contributed by atoms with E-state index in [0.29, 0.717) is 11.4 Å². The Kier molecular flexibility index (Phi) is 7.97. The Balaban J connectivity index is 1.75. The van der Waals surface area contributed by atoms with Gasteiger partial charge in [0.1, 0.15) is 5.60 Å². The first-order valence-electron chi connectivity index (χ1n) is 10.5. The van der Waals surface area contributed by atoms with Crippen LogP contribution in [0.4, 0.5) is 0 Å². The molecule has 8 heteroatoms. The minimum atomic E-state index is -3.57. The van der Waals surface area contributed by atoms with Crippen LogP contribution in [0, 0.1) is 11.8 Å². The van der Waals surface area contributed by atoms with Gasteiger partial charge >= 0.3 is 5.97 Å². The van der Waals surface area contributed by atoms with Crippen molar-refractivity contribution in [2.45, 2.75) is 49.4 Å². The highest BCUT2D eigenvalue weighted by Crippen LogP contribution is 2.44. The fourth-order valence-corrected chi connectivity index (χ4v) is 5.75. The molecule has 0 heterocycles. The van der Waals surface area contributed by atoms with Crippen molar-refractivity contribution in [3.05, 3.63) is 53.6 Å². The second-order valence-electron chi connectivity index (χ2n) is 9.07. The van der Waals surface area contributed by atoms with Gasteiger partial charge in [0.15, 0.2) is 0 Å². The number of halogens is 1. The number of carbonyl (C=O) groups excluding carboxylic acids is 1. The van der Waals surface area contributed by atoms with Crippen molar-refractivity contribution in [2.75, 3.05) is 12.9 Å². The molecule has 1 aliphatic rings. The van der Waals surface area contributed by atoms with E-state index in [1.165, 1.54) is 0 Å². The zero-order valence-corrected chi connectivity index (χ0v) is 21.1. The Bertz CT molecular complexity index is 1030. The third-order valence-electron chi connectivity index (χ3n) is 5.22. The van der Waals surface area contributed by atoms with Crippen LogP contribution in [-0.2, 0) is 23.8 Å². The quantitative estimate of drug-likeness (QED) is 0.355. The molecule has 1 saturated carbocycles. The second kappa shape index (κ2) is 10.2.